The lowest BCUT2D eigenvalue weighted by molar-refractivity contribution is 0.357. The molecule has 2 aromatic rings. The van der Waals surface area contributed by atoms with Gasteiger partial charge in [0.15, 0.2) is 0 Å². The van der Waals surface area contributed by atoms with Crippen LogP contribution in [0, 0.1) is 0 Å². The van der Waals surface area contributed by atoms with E-state index in [2.05, 4.69) is 28.6 Å². The minimum Gasteiger partial charge on any atom is -0.493 e. The van der Waals surface area contributed by atoms with Crippen LogP contribution in [0.2, 0.25) is 5.02 Å². The summed E-state index contributed by atoms with van der Waals surface area (Å²) < 4.78 is 5.53. The number of nitrogens with zero attached hydrogens (tertiary/aromatic N) is 1. The van der Waals surface area contributed by atoms with Crippen LogP contribution in [0.15, 0.2) is 36.7 Å². The maximum atomic E-state index is 6.18. The monoisotopic (exact) mass is 303 g/mol. The molecule has 21 heavy (non-hydrogen) atoms. The second-order valence-electron chi connectivity index (χ2n) is 5.20. The third kappa shape index (κ3) is 3.18. The number of aryl methyl sites for hydroxylation is 1. The van der Waals surface area contributed by atoms with Crippen LogP contribution in [0.5, 0.6) is 5.75 Å². The third-order valence-electron chi connectivity index (χ3n) is 3.86. The zero-order chi connectivity index (χ0) is 14.7. The molecule has 110 valence electrons. The van der Waals surface area contributed by atoms with Crippen molar-refractivity contribution in [2.75, 3.05) is 6.61 Å². The SMILES string of the molecule is NNC(CCc1ccc2c(c1)CCO2)c1ccncc1Cl. The van der Waals surface area contributed by atoms with Gasteiger partial charge < -0.3 is 4.74 Å². The lowest BCUT2D eigenvalue weighted by Gasteiger charge is -2.17. The topological polar surface area (TPSA) is 60.2 Å². The normalized spacial score (nSPS) is 14.6. The van der Waals surface area contributed by atoms with Crippen molar-refractivity contribution in [3.63, 3.8) is 0 Å². The average Bonchev–Trinajstić information content (AvgIpc) is 2.97. The van der Waals surface area contributed by atoms with E-state index in [-0.39, 0.29) is 6.04 Å². The Labute approximate surface area is 129 Å². The van der Waals surface area contributed by atoms with E-state index in [0.29, 0.717) is 5.02 Å². The molecule has 4 nitrogen and oxygen atoms in total. The summed E-state index contributed by atoms with van der Waals surface area (Å²) in [5, 5.41) is 0.641. The van der Waals surface area contributed by atoms with Gasteiger partial charge in [0.2, 0.25) is 0 Å². The van der Waals surface area contributed by atoms with Gasteiger partial charge in [-0.1, -0.05) is 23.7 Å². The van der Waals surface area contributed by atoms with Crippen molar-refractivity contribution in [2.45, 2.75) is 25.3 Å². The van der Waals surface area contributed by atoms with Gasteiger partial charge >= 0.3 is 0 Å². The molecule has 0 spiro atoms. The first kappa shape index (κ1) is 14.3. The average molecular weight is 304 g/mol. The minimum atomic E-state index is 0.0185. The van der Waals surface area contributed by atoms with Crippen molar-refractivity contribution in [1.29, 1.82) is 0 Å². The number of fused-ring (bicyclic) bond motifs is 1. The Morgan fingerprint density at radius 2 is 2.29 bits per heavy atom. The summed E-state index contributed by atoms with van der Waals surface area (Å²) in [4.78, 5) is 4.00. The quantitative estimate of drug-likeness (QED) is 0.659. The lowest BCUT2D eigenvalue weighted by atomic mass is 9.98. The number of nitrogens with one attached hydrogen (secondary N) is 1. The second-order valence-corrected chi connectivity index (χ2v) is 5.60. The van der Waals surface area contributed by atoms with E-state index in [1.54, 1.807) is 12.4 Å². The number of aromatic nitrogens is 1. The first-order valence-corrected chi connectivity index (χ1v) is 7.46. The van der Waals surface area contributed by atoms with Crippen molar-refractivity contribution in [1.82, 2.24) is 10.4 Å². The highest BCUT2D eigenvalue weighted by Gasteiger charge is 2.15. The number of hydrogen-bond acceptors (Lipinski definition) is 4. The number of hydrazine groups is 1. The van der Waals surface area contributed by atoms with Crippen molar-refractivity contribution < 1.29 is 4.74 Å². The number of hydrogen-bond donors (Lipinski definition) is 2. The first-order chi connectivity index (χ1) is 10.3. The Hall–Kier alpha value is -1.62. The maximum absolute atomic E-state index is 6.18. The molecule has 1 aliphatic heterocycles. The maximum Gasteiger partial charge on any atom is 0.122 e. The summed E-state index contributed by atoms with van der Waals surface area (Å²) >= 11 is 6.18. The molecule has 0 saturated heterocycles. The van der Waals surface area contributed by atoms with Crippen LogP contribution in [0.4, 0.5) is 0 Å². The molecule has 3 rings (SSSR count). The van der Waals surface area contributed by atoms with Gasteiger partial charge in [-0.05, 0) is 41.7 Å². The number of pyridine rings is 1. The molecule has 3 N–H and O–H groups in total. The van der Waals surface area contributed by atoms with Crippen LogP contribution in [-0.4, -0.2) is 11.6 Å². The highest BCUT2D eigenvalue weighted by molar-refractivity contribution is 6.31. The summed E-state index contributed by atoms with van der Waals surface area (Å²) in [7, 11) is 0. The van der Waals surface area contributed by atoms with Gasteiger partial charge in [-0.25, -0.2) is 0 Å². The molecular formula is C16H18ClN3O. The molecule has 0 fully saturated rings. The van der Waals surface area contributed by atoms with E-state index in [1.165, 1.54) is 11.1 Å². The molecule has 0 aliphatic carbocycles. The van der Waals surface area contributed by atoms with Gasteiger partial charge in [-0.2, -0.15) is 0 Å². The molecule has 1 aromatic heterocycles. The number of ether oxygens (including phenoxy) is 1. The van der Waals surface area contributed by atoms with E-state index in [9.17, 15) is 0 Å². The number of nitrogens with two attached hydrogens (primary N) is 1. The van der Waals surface area contributed by atoms with E-state index in [1.807, 2.05) is 6.07 Å². The van der Waals surface area contributed by atoms with E-state index >= 15 is 0 Å². The fourth-order valence-corrected chi connectivity index (χ4v) is 2.95. The molecule has 0 saturated carbocycles. The van der Waals surface area contributed by atoms with Crippen molar-refractivity contribution >= 4 is 11.6 Å². The van der Waals surface area contributed by atoms with Gasteiger partial charge in [0.25, 0.3) is 0 Å². The van der Waals surface area contributed by atoms with Crippen LogP contribution >= 0.6 is 11.6 Å². The molecule has 0 amide bonds. The molecule has 5 heteroatoms. The predicted octanol–water partition coefficient (Wildman–Crippen LogP) is 2.81. The van der Waals surface area contributed by atoms with Gasteiger partial charge in [-0.3, -0.25) is 16.3 Å². The number of halogens is 1. The van der Waals surface area contributed by atoms with Gasteiger partial charge in [0.05, 0.1) is 11.6 Å². The highest BCUT2D eigenvalue weighted by Crippen LogP contribution is 2.28. The van der Waals surface area contributed by atoms with Gasteiger partial charge in [-0.15, -0.1) is 0 Å². The largest absolute Gasteiger partial charge is 0.493 e. The molecule has 2 heterocycles. The van der Waals surface area contributed by atoms with Crippen molar-refractivity contribution in [3.8, 4) is 5.75 Å². The van der Waals surface area contributed by atoms with Crippen LogP contribution < -0.4 is 16.0 Å². The van der Waals surface area contributed by atoms with Gasteiger partial charge in [0.1, 0.15) is 5.75 Å². The molecule has 1 aliphatic rings. The van der Waals surface area contributed by atoms with Gasteiger partial charge in [0, 0.05) is 24.9 Å². The molecule has 0 radical (unpaired) electrons. The molecule has 1 aromatic carbocycles. The summed E-state index contributed by atoms with van der Waals surface area (Å²) in [6.07, 6.45) is 6.19. The first-order valence-electron chi connectivity index (χ1n) is 7.08. The Morgan fingerprint density at radius 1 is 1.38 bits per heavy atom. The van der Waals surface area contributed by atoms with Crippen LogP contribution in [0.1, 0.15) is 29.2 Å². The zero-order valence-corrected chi connectivity index (χ0v) is 12.4. The Morgan fingerprint density at radius 3 is 3.10 bits per heavy atom. The van der Waals surface area contributed by atoms with Crippen molar-refractivity contribution in [2.24, 2.45) is 5.84 Å². The van der Waals surface area contributed by atoms with E-state index in [0.717, 1.165) is 37.2 Å². The molecule has 1 unspecified atom stereocenters. The Balaban J connectivity index is 1.70. The van der Waals surface area contributed by atoms with Crippen LogP contribution in [0.3, 0.4) is 0 Å². The molecular weight excluding hydrogens is 286 g/mol. The summed E-state index contributed by atoms with van der Waals surface area (Å²) in [6, 6.07) is 8.33. The summed E-state index contributed by atoms with van der Waals surface area (Å²) in [5.74, 6) is 6.70. The van der Waals surface area contributed by atoms with Crippen molar-refractivity contribution in [3.05, 3.63) is 58.4 Å². The van der Waals surface area contributed by atoms with E-state index < -0.39 is 0 Å². The van der Waals surface area contributed by atoms with Crippen LogP contribution in [0.25, 0.3) is 0 Å². The highest BCUT2D eigenvalue weighted by atomic mass is 35.5. The fraction of sp³-hybridized carbons (Fsp3) is 0.312. The second kappa shape index (κ2) is 6.43. The Kier molecular flexibility index (Phi) is 4.39. The standard InChI is InChI=1S/C16H18ClN3O/c17-14-10-19-7-5-13(14)15(20-18)3-1-11-2-4-16-12(9-11)6-8-21-16/h2,4-5,7,9-10,15,20H,1,3,6,8,18H2. The number of benzene rings is 1. The zero-order valence-electron chi connectivity index (χ0n) is 11.7. The fourth-order valence-electron chi connectivity index (χ4n) is 2.70. The Bertz CT molecular complexity index is 633. The third-order valence-corrected chi connectivity index (χ3v) is 4.17. The lowest BCUT2D eigenvalue weighted by Crippen LogP contribution is -2.28. The molecule has 1 atom stereocenters. The molecule has 0 bridgehead atoms. The minimum absolute atomic E-state index is 0.0185. The smallest absolute Gasteiger partial charge is 0.122 e. The van der Waals surface area contributed by atoms with Crippen LogP contribution in [-0.2, 0) is 12.8 Å². The summed E-state index contributed by atoms with van der Waals surface area (Å²) in [6.45, 7) is 0.790. The summed E-state index contributed by atoms with van der Waals surface area (Å²) in [5.41, 5.74) is 6.42. The number of rotatable bonds is 5. The predicted molar refractivity (Wildman–Crippen MR) is 83.3 cm³/mol. The van der Waals surface area contributed by atoms with E-state index in [4.69, 9.17) is 22.2 Å².